The monoisotopic (exact) mass is 394 g/mol. The fourth-order valence-electron chi connectivity index (χ4n) is 4.06. The average Bonchev–Trinajstić information content (AvgIpc) is 3.20. The number of halogens is 1. The highest BCUT2D eigenvalue weighted by molar-refractivity contribution is 9.10. The predicted octanol–water partition coefficient (Wildman–Crippen LogP) is 3.01. The van der Waals surface area contributed by atoms with Gasteiger partial charge in [0.25, 0.3) is 0 Å². The van der Waals surface area contributed by atoms with E-state index >= 15 is 0 Å². The summed E-state index contributed by atoms with van der Waals surface area (Å²) in [5.41, 5.74) is 0.489. The third-order valence-electron chi connectivity index (χ3n) is 5.17. The molecule has 1 aromatic rings. The average molecular weight is 395 g/mol. The Hall–Kier alpha value is -1.69. The highest BCUT2D eigenvalue weighted by atomic mass is 79.9. The Labute approximate surface area is 148 Å². The molecule has 4 atom stereocenters. The number of rotatable bonds is 5. The zero-order valence-corrected chi connectivity index (χ0v) is 15.0. The first-order valence-electron chi connectivity index (χ1n) is 8.04. The van der Waals surface area contributed by atoms with Gasteiger partial charge in [-0.05, 0) is 43.2 Å². The maximum absolute atomic E-state index is 12.5. The van der Waals surface area contributed by atoms with Crippen molar-refractivity contribution in [3.8, 4) is 0 Å². The molecule has 2 fully saturated rings. The van der Waals surface area contributed by atoms with Crippen molar-refractivity contribution in [1.82, 2.24) is 0 Å². The van der Waals surface area contributed by atoms with Crippen molar-refractivity contribution < 1.29 is 23.9 Å². The normalized spacial score (nSPS) is 27.8. The molecule has 0 aliphatic heterocycles. The molecule has 0 N–H and O–H groups in total. The molecule has 0 amide bonds. The standard InChI is InChI=1S/C18H19BrO5/c1-23-17(21)15-11-2-3-12(8-11)16(15)18(22)24-9-14(20)10-4-6-13(19)7-5-10/h4-7,11-12,15-16H,2-3,8-9H2,1H3/t11-,12-,15-,16-/m0/s1. The predicted molar refractivity (Wildman–Crippen MR) is 89.3 cm³/mol. The number of methoxy groups -OCH3 is 1. The number of carbonyl (C=O) groups excluding carboxylic acids is 3. The molecule has 0 saturated heterocycles. The first kappa shape index (κ1) is 17.1. The van der Waals surface area contributed by atoms with Crippen LogP contribution in [0.5, 0.6) is 0 Å². The van der Waals surface area contributed by atoms with E-state index in [2.05, 4.69) is 15.9 Å². The van der Waals surface area contributed by atoms with Crippen molar-refractivity contribution in [2.24, 2.45) is 23.7 Å². The van der Waals surface area contributed by atoms with Gasteiger partial charge in [0.15, 0.2) is 12.4 Å². The number of hydrogen-bond acceptors (Lipinski definition) is 5. The number of carbonyl (C=O) groups is 3. The third kappa shape index (κ3) is 3.24. The number of fused-ring (bicyclic) bond motifs is 2. The van der Waals surface area contributed by atoms with Crippen LogP contribution in [0.1, 0.15) is 29.6 Å². The lowest BCUT2D eigenvalue weighted by Gasteiger charge is -2.27. The Balaban J connectivity index is 1.63. The summed E-state index contributed by atoms with van der Waals surface area (Å²) in [5, 5.41) is 0. The Morgan fingerprint density at radius 2 is 1.62 bits per heavy atom. The molecular formula is C18H19BrO5. The zero-order chi connectivity index (χ0) is 17.3. The van der Waals surface area contributed by atoms with Gasteiger partial charge < -0.3 is 9.47 Å². The van der Waals surface area contributed by atoms with E-state index in [9.17, 15) is 14.4 Å². The number of hydrogen-bond donors (Lipinski definition) is 0. The Morgan fingerprint density at radius 3 is 2.21 bits per heavy atom. The van der Waals surface area contributed by atoms with Crippen LogP contribution in [0.2, 0.25) is 0 Å². The molecule has 128 valence electrons. The van der Waals surface area contributed by atoms with E-state index in [1.807, 2.05) is 0 Å². The second-order valence-electron chi connectivity index (χ2n) is 6.45. The molecule has 2 aliphatic rings. The van der Waals surface area contributed by atoms with Crippen LogP contribution in [0.4, 0.5) is 0 Å². The number of ether oxygens (including phenoxy) is 2. The molecule has 0 spiro atoms. The molecule has 2 aliphatic carbocycles. The molecule has 0 heterocycles. The first-order chi connectivity index (χ1) is 11.5. The number of Topliss-reactive ketones (excluding diaryl/α,β-unsaturated/α-hetero) is 1. The minimum absolute atomic E-state index is 0.161. The molecule has 24 heavy (non-hydrogen) atoms. The molecule has 2 bridgehead atoms. The van der Waals surface area contributed by atoms with Gasteiger partial charge in [-0.2, -0.15) is 0 Å². The summed E-state index contributed by atoms with van der Waals surface area (Å²) in [6.07, 6.45) is 2.74. The van der Waals surface area contributed by atoms with Crippen LogP contribution in [-0.4, -0.2) is 31.4 Å². The van der Waals surface area contributed by atoms with E-state index in [0.717, 1.165) is 23.7 Å². The fraction of sp³-hybridized carbons (Fsp3) is 0.500. The van der Waals surface area contributed by atoms with Crippen LogP contribution in [0, 0.1) is 23.7 Å². The molecule has 6 heteroatoms. The SMILES string of the molecule is COC(=O)[C@H]1[C@H]2CC[C@@H](C2)[C@@H]1C(=O)OCC(=O)c1ccc(Br)cc1. The van der Waals surface area contributed by atoms with Gasteiger partial charge in [0.1, 0.15) is 0 Å². The molecule has 0 unspecified atom stereocenters. The number of esters is 2. The summed E-state index contributed by atoms with van der Waals surface area (Å²) in [6.45, 7) is -0.303. The van der Waals surface area contributed by atoms with Crippen LogP contribution >= 0.6 is 15.9 Å². The molecule has 3 rings (SSSR count). The Kier molecular flexibility index (Phi) is 5.04. The second-order valence-corrected chi connectivity index (χ2v) is 7.36. The quantitative estimate of drug-likeness (QED) is 0.566. The lowest BCUT2D eigenvalue weighted by Crippen LogP contribution is -2.37. The van der Waals surface area contributed by atoms with E-state index in [1.54, 1.807) is 24.3 Å². The van der Waals surface area contributed by atoms with Gasteiger partial charge in [0.05, 0.1) is 18.9 Å². The summed E-state index contributed by atoms with van der Waals surface area (Å²) >= 11 is 3.31. The van der Waals surface area contributed by atoms with E-state index in [-0.39, 0.29) is 30.2 Å². The van der Waals surface area contributed by atoms with E-state index in [4.69, 9.17) is 9.47 Å². The summed E-state index contributed by atoms with van der Waals surface area (Å²) < 4.78 is 11.0. The van der Waals surface area contributed by atoms with Crippen molar-refractivity contribution in [3.05, 3.63) is 34.3 Å². The third-order valence-corrected chi connectivity index (χ3v) is 5.70. The summed E-state index contributed by atoms with van der Waals surface area (Å²) in [7, 11) is 1.34. The van der Waals surface area contributed by atoms with Gasteiger partial charge in [-0.25, -0.2) is 0 Å². The van der Waals surface area contributed by atoms with Crippen molar-refractivity contribution in [3.63, 3.8) is 0 Å². The van der Waals surface area contributed by atoms with Crippen LogP contribution in [-0.2, 0) is 19.1 Å². The second kappa shape index (κ2) is 7.05. The molecule has 0 aromatic heterocycles. The van der Waals surface area contributed by atoms with Crippen LogP contribution in [0.25, 0.3) is 0 Å². The molecule has 5 nitrogen and oxygen atoms in total. The van der Waals surface area contributed by atoms with Gasteiger partial charge in [-0.3, -0.25) is 14.4 Å². The van der Waals surface area contributed by atoms with Crippen molar-refractivity contribution in [1.29, 1.82) is 0 Å². The lowest BCUT2D eigenvalue weighted by molar-refractivity contribution is -0.161. The highest BCUT2D eigenvalue weighted by Gasteiger charge is 2.55. The fourth-order valence-corrected chi connectivity index (χ4v) is 4.32. The van der Waals surface area contributed by atoms with Crippen LogP contribution < -0.4 is 0 Å². The summed E-state index contributed by atoms with van der Waals surface area (Å²) in [5.74, 6) is -1.60. The van der Waals surface area contributed by atoms with Gasteiger partial charge in [0, 0.05) is 10.0 Å². The maximum Gasteiger partial charge on any atom is 0.310 e. The zero-order valence-electron chi connectivity index (χ0n) is 13.4. The lowest BCUT2D eigenvalue weighted by atomic mass is 9.79. The Morgan fingerprint density at radius 1 is 1.04 bits per heavy atom. The maximum atomic E-state index is 12.5. The van der Waals surface area contributed by atoms with E-state index < -0.39 is 17.8 Å². The van der Waals surface area contributed by atoms with Crippen molar-refractivity contribution >= 4 is 33.7 Å². The topological polar surface area (TPSA) is 69.7 Å². The van der Waals surface area contributed by atoms with Gasteiger partial charge in [-0.15, -0.1) is 0 Å². The smallest absolute Gasteiger partial charge is 0.310 e. The Bertz CT molecular complexity index is 654. The number of ketones is 1. The molecule has 1 aromatic carbocycles. The minimum atomic E-state index is -0.478. The van der Waals surface area contributed by atoms with E-state index in [1.165, 1.54) is 7.11 Å². The number of benzene rings is 1. The van der Waals surface area contributed by atoms with Gasteiger partial charge in [0.2, 0.25) is 0 Å². The molecular weight excluding hydrogens is 376 g/mol. The largest absolute Gasteiger partial charge is 0.469 e. The van der Waals surface area contributed by atoms with E-state index in [0.29, 0.717) is 5.56 Å². The first-order valence-corrected chi connectivity index (χ1v) is 8.83. The van der Waals surface area contributed by atoms with Gasteiger partial charge >= 0.3 is 11.9 Å². The minimum Gasteiger partial charge on any atom is -0.469 e. The summed E-state index contributed by atoms with van der Waals surface area (Å²) in [6, 6.07) is 6.88. The molecule has 0 radical (unpaired) electrons. The molecule has 2 saturated carbocycles. The van der Waals surface area contributed by atoms with Crippen LogP contribution in [0.15, 0.2) is 28.7 Å². The van der Waals surface area contributed by atoms with Crippen LogP contribution in [0.3, 0.4) is 0 Å². The van der Waals surface area contributed by atoms with Gasteiger partial charge in [-0.1, -0.05) is 28.1 Å². The summed E-state index contributed by atoms with van der Waals surface area (Å²) in [4.78, 5) is 36.6. The van der Waals surface area contributed by atoms with Crippen molar-refractivity contribution in [2.45, 2.75) is 19.3 Å². The van der Waals surface area contributed by atoms with Crippen molar-refractivity contribution in [2.75, 3.05) is 13.7 Å². The highest BCUT2D eigenvalue weighted by Crippen LogP contribution is 2.53.